The van der Waals surface area contributed by atoms with Crippen LogP contribution in [0.5, 0.6) is 0 Å². The number of nitrogens with one attached hydrogen (secondary N) is 1. The van der Waals surface area contributed by atoms with Crippen molar-refractivity contribution in [3.63, 3.8) is 0 Å². The Bertz CT molecular complexity index is 349. The van der Waals surface area contributed by atoms with Crippen LogP contribution in [0.25, 0.3) is 0 Å². The normalized spacial score (nSPS) is 40.1. The second kappa shape index (κ2) is 5.21. The summed E-state index contributed by atoms with van der Waals surface area (Å²) < 4.78 is 10.5. The lowest BCUT2D eigenvalue weighted by Crippen LogP contribution is -2.55. The minimum atomic E-state index is -1.27. The van der Waals surface area contributed by atoms with E-state index in [1.807, 2.05) is 0 Å². The smallest absolute Gasteiger partial charge is 0.248 e. The Morgan fingerprint density at radius 3 is 2.83 bits per heavy atom. The average molecular weight is 260 g/mol. The number of hydrogen-bond donors (Lipinski definition) is 4. The predicted molar refractivity (Wildman–Crippen MR) is 57.7 cm³/mol. The molecule has 0 spiro atoms. The van der Waals surface area contributed by atoms with Gasteiger partial charge in [0.15, 0.2) is 6.23 Å². The monoisotopic (exact) mass is 260 g/mol. The molecule has 5 atom stereocenters. The van der Waals surface area contributed by atoms with Crippen LogP contribution in [-0.2, 0) is 14.3 Å². The average Bonchev–Trinajstić information content (AvgIpc) is 2.65. The zero-order valence-corrected chi connectivity index (χ0v) is 9.76. The zero-order valence-electron chi connectivity index (χ0n) is 9.76. The Hall–Kier alpha value is -1.19. The summed E-state index contributed by atoms with van der Waals surface area (Å²) >= 11 is 0. The topological polar surface area (TPSA) is 111 Å². The number of ether oxygens (including phenoxy) is 2. The van der Waals surface area contributed by atoms with E-state index in [-0.39, 0.29) is 6.61 Å². The fourth-order valence-electron chi connectivity index (χ4n) is 2.07. The largest absolute Gasteiger partial charge is 0.394 e. The van der Waals surface area contributed by atoms with Gasteiger partial charge in [0.05, 0.1) is 6.61 Å². The van der Waals surface area contributed by atoms with Gasteiger partial charge in [-0.15, -0.1) is 0 Å². The number of aliphatic hydroxyl groups is 3. The number of rotatable bonds is 3. The van der Waals surface area contributed by atoms with Gasteiger partial charge < -0.3 is 35.0 Å². The van der Waals surface area contributed by atoms with Gasteiger partial charge in [0.2, 0.25) is 12.3 Å². The maximum absolute atomic E-state index is 11.0. The van der Waals surface area contributed by atoms with Gasteiger partial charge in [0.25, 0.3) is 0 Å². The molecule has 18 heavy (non-hydrogen) atoms. The van der Waals surface area contributed by atoms with Gasteiger partial charge in [0.1, 0.15) is 18.3 Å². The van der Waals surface area contributed by atoms with Gasteiger partial charge in [-0.05, 0) is 0 Å². The summed E-state index contributed by atoms with van der Waals surface area (Å²) in [7, 11) is 1.39. The molecular formula is C10H16N2O6. The molecule has 0 aromatic rings. The standard InChI is InChI=1S/C10H16N2O6/c1-17-8-7(15)5(4-13)18-9(8)12-3-2-6(14)11-10(12)16/h2-3,5,7-10,13,15-16H,4H2,1H3,(H,11,14)/t5-,7+,8?,9-,10-/m1/s1. The first-order chi connectivity index (χ1) is 8.58. The number of methoxy groups -OCH3 is 1. The summed E-state index contributed by atoms with van der Waals surface area (Å²) in [5, 5.41) is 30.9. The lowest BCUT2D eigenvalue weighted by atomic mass is 10.1. The maximum atomic E-state index is 11.0. The molecule has 2 rings (SSSR count). The highest BCUT2D eigenvalue weighted by molar-refractivity contribution is 5.88. The Morgan fingerprint density at radius 1 is 1.56 bits per heavy atom. The second-order valence-corrected chi connectivity index (χ2v) is 4.08. The van der Waals surface area contributed by atoms with E-state index in [0.29, 0.717) is 0 Å². The molecule has 0 aromatic heterocycles. The number of amides is 1. The first kappa shape index (κ1) is 13.2. The van der Waals surface area contributed by atoms with E-state index in [0.717, 1.165) is 0 Å². The van der Waals surface area contributed by atoms with Crippen LogP contribution in [0, 0.1) is 0 Å². The number of hydrogen-bond acceptors (Lipinski definition) is 7. The lowest BCUT2D eigenvalue weighted by molar-refractivity contribution is -0.156. The molecule has 2 aliphatic rings. The number of aliphatic hydroxyl groups excluding tert-OH is 3. The highest BCUT2D eigenvalue weighted by Crippen LogP contribution is 2.27. The van der Waals surface area contributed by atoms with Gasteiger partial charge in [-0.2, -0.15) is 0 Å². The van der Waals surface area contributed by atoms with Gasteiger partial charge in [-0.3, -0.25) is 4.79 Å². The minimum Gasteiger partial charge on any atom is -0.394 e. The molecule has 0 bridgehead atoms. The minimum absolute atomic E-state index is 0.364. The van der Waals surface area contributed by atoms with E-state index >= 15 is 0 Å². The van der Waals surface area contributed by atoms with Gasteiger partial charge in [-0.25, -0.2) is 0 Å². The van der Waals surface area contributed by atoms with Gasteiger partial charge in [0, 0.05) is 19.4 Å². The van der Waals surface area contributed by atoms with E-state index < -0.39 is 36.8 Å². The van der Waals surface area contributed by atoms with Crippen LogP contribution in [-0.4, -0.2) is 70.7 Å². The van der Waals surface area contributed by atoms with Crippen molar-refractivity contribution in [3.05, 3.63) is 12.3 Å². The van der Waals surface area contributed by atoms with Crippen molar-refractivity contribution >= 4 is 5.91 Å². The van der Waals surface area contributed by atoms with Gasteiger partial charge in [-0.1, -0.05) is 0 Å². The van der Waals surface area contributed by atoms with E-state index in [1.165, 1.54) is 24.3 Å². The lowest BCUT2D eigenvalue weighted by Gasteiger charge is -2.36. The number of nitrogens with zero attached hydrogens (tertiary/aromatic N) is 1. The molecule has 102 valence electrons. The Kier molecular flexibility index (Phi) is 3.83. The number of carbonyl (C=O) groups is 1. The molecular weight excluding hydrogens is 244 g/mol. The van der Waals surface area contributed by atoms with Crippen LogP contribution in [0.3, 0.4) is 0 Å². The molecule has 0 aromatic carbocycles. The van der Waals surface area contributed by atoms with Crippen LogP contribution < -0.4 is 5.32 Å². The van der Waals surface area contributed by atoms with Crippen molar-refractivity contribution < 1.29 is 29.6 Å². The Morgan fingerprint density at radius 2 is 2.28 bits per heavy atom. The highest BCUT2D eigenvalue weighted by atomic mass is 16.6. The predicted octanol–water partition coefficient (Wildman–Crippen LogP) is -2.70. The molecule has 8 nitrogen and oxygen atoms in total. The summed E-state index contributed by atoms with van der Waals surface area (Å²) in [5.41, 5.74) is 0. The summed E-state index contributed by atoms with van der Waals surface area (Å²) in [6, 6.07) is 0. The van der Waals surface area contributed by atoms with Crippen LogP contribution in [0.15, 0.2) is 12.3 Å². The van der Waals surface area contributed by atoms with E-state index in [1.54, 1.807) is 0 Å². The molecule has 2 aliphatic heterocycles. The SMILES string of the molecule is COC1[C@@H](O)[C@@H](CO)O[C@H]1N1C=CC(=O)N[C@H]1O. The summed E-state index contributed by atoms with van der Waals surface area (Å²) in [6.45, 7) is -0.364. The molecule has 1 saturated heterocycles. The molecule has 0 radical (unpaired) electrons. The van der Waals surface area contributed by atoms with Crippen molar-refractivity contribution in [2.24, 2.45) is 0 Å². The molecule has 1 unspecified atom stereocenters. The Labute approximate surface area is 103 Å². The zero-order chi connectivity index (χ0) is 13.3. The third-order valence-electron chi connectivity index (χ3n) is 3.01. The first-order valence-corrected chi connectivity index (χ1v) is 5.50. The van der Waals surface area contributed by atoms with Crippen molar-refractivity contribution in [1.29, 1.82) is 0 Å². The fourth-order valence-corrected chi connectivity index (χ4v) is 2.07. The van der Waals surface area contributed by atoms with Crippen molar-refractivity contribution in [2.45, 2.75) is 30.9 Å². The Balaban J connectivity index is 2.17. The van der Waals surface area contributed by atoms with E-state index in [9.17, 15) is 15.0 Å². The molecule has 4 N–H and O–H groups in total. The van der Waals surface area contributed by atoms with Crippen LogP contribution in [0.2, 0.25) is 0 Å². The molecule has 2 heterocycles. The second-order valence-electron chi connectivity index (χ2n) is 4.08. The molecule has 8 heteroatoms. The quantitative estimate of drug-likeness (QED) is 0.437. The maximum Gasteiger partial charge on any atom is 0.248 e. The van der Waals surface area contributed by atoms with Crippen molar-refractivity contribution in [1.82, 2.24) is 10.2 Å². The van der Waals surface area contributed by atoms with Crippen LogP contribution in [0.4, 0.5) is 0 Å². The number of carbonyl (C=O) groups excluding carboxylic acids is 1. The molecule has 1 fully saturated rings. The van der Waals surface area contributed by atoms with E-state index in [4.69, 9.17) is 14.6 Å². The molecule has 0 aliphatic carbocycles. The third-order valence-corrected chi connectivity index (χ3v) is 3.01. The third kappa shape index (κ3) is 2.20. The molecule has 1 amide bonds. The van der Waals surface area contributed by atoms with Crippen molar-refractivity contribution in [3.8, 4) is 0 Å². The first-order valence-electron chi connectivity index (χ1n) is 5.50. The molecule has 0 saturated carbocycles. The summed E-state index contributed by atoms with van der Waals surface area (Å²) in [4.78, 5) is 12.3. The fraction of sp³-hybridized carbons (Fsp3) is 0.700. The summed E-state index contributed by atoms with van der Waals surface area (Å²) in [6.07, 6.45) is -2.03. The van der Waals surface area contributed by atoms with Crippen molar-refractivity contribution in [2.75, 3.05) is 13.7 Å². The van der Waals surface area contributed by atoms with Gasteiger partial charge >= 0.3 is 0 Å². The van der Waals surface area contributed by atoms with Crippen LogP contribution in [0.1, 0.15) is 0 Å². The summed E-state index contributed by atoms with van der Waals surface area (Å²) in [5.74, 6) is -0.426. The highest BCUT2D eigenvalue weighted by Gasteiger charge is 2.47. The van der Waals surface area contributed by atoms with Crippen LogP contribution >= 0.6 is 0 Å². The van der Waals surface area contributed by atoms with E-state index in [2.05, 4.69) is 5.32 Å².